The molecule has 1 saturated heterocycles. The monoisotopic (exact) mass is 492 g/mol. The molecular formula is C21H22Cl2F4N4O. The first kappa shape index (κ1) is 24.5. The molecule has 174 valence electrons. The van der Waals surface area contributed by atoms with E-state index in [1.807, 2.05) is 0 Å². The maximum absolute atomic E-state index is 14.2. The van der Waals surface area contributed by atoms with Crippen LogP contribution in [-0.2, 0) is 17.6 Å². The molecule has 2 aromatic rings. The molecule has 1 fully saturated rings. The quantitative estimate of drug-likeness (QED) is 0.619. The molecule has 1 aromatic heterocycles. The summed E-state index contributed by atoms with van der Waals surface area (Å²) in [4.78, 5) is 17.2. The van der Waals surface area contributed by atoms with Gasteiger partial charge in [-0.3, -0.25) is 4.79 Å². The number of nitrogens with one attached hydrogen (secondary N) is 1. The number of fused-ring (bicyclic) bond motifs is 1. The smallest absolute Gasteiger partial charge is 0.367 e. The molecule has 0 radical (unpaired) electrons. The standard InChI is InChI=1S/C21H21ClF4N4O.ClH/c22-15-5-3-11-8-13(9-14(11)18(15)23)29-17-6-4-12(10-28-17)19(21(24,25)26)30-7-1-2-16(27)20(30)31;/h3-6,10,13,16,19H,1-2,7-9,27H2,(H,28,29);1H/t13?,16-,19?;/m0./s1. The lowest BCUT2D eigenvalue weighted by molar-refractivity contribution is -0.195. The maximum atomic E-state index is 14.2. The van der Waals surface area contributed by atoms with Gasteiger partial charge in [-0.1, -0.05) is 23.7 Å². The van der Waals surface area contributed by atoms with Gasteiger partial charge in [0.05, 0.1) is 11.1 Å². The molecule has 1 aromatic carbocycles. The molecule has 0 bridgehead atoms. The number of nitrogens with two attached hydrogens (primary N) is 1. The van der Waals surface area contributed by atoms with E-state index in [0.29, 0.717) is 37.1 Å². The highest BCUT2D eigenvalue weighted by Crippen LogP contribution is 2.39. The molecule has 11 heteroatoms. The highest BCUT2D eigenvalue weighted by atomic mass is 35.5. The Bertz CT molecular complexity index is 987. The normalized spacial score (nSPS) is 21.7. The third-order valence-electron chi connectivity index (χ3n) is 5.80. The molecule has 1 aliphatic heterocycles. The molecule has 2 heterocycles. The number of anilines is 1. The van der Waals surface area contributed by atoms with Crippen LogP contribution in [-0.4, -0.2) is 40.6 Å². The summed E-state index contributed by atoms with van der Waals surface area (Å²) in [6.07, 6.45) is -1.80. The third kappa shape index (κ3) is 4.79. The van der Waals surface area contributed by atoms with Crippen molar-refractivity contribution in [2.24, 2.45) is 5.73 Å². The first-order chi connectivity index (χ1) is 14.6. The van der Waals surface area contributed by atoms with Crippen LogP contribution < -0.4 is 11.1 Å². The van der Waals surface area contributed by atoms with Crippen molar-refractivity contribution in [2.45, 2.75) is 50.0 Å². The third-order valence-corrected chi connectivity index (χ3v) is 6.09. The number of benzene rings is 1. The van der Waals surface area contributed by atoms with Crippen molar-refractivity contribution in [3.63, 3.8) is 0 Å². The van der Waals surface area contributed by atoms with Gasteiger partial charge in [0.2, 0.25) is 5.91 Å². The fourth-order valence-electron chi connectivity index (χ4n) is 4.32. The molecule has 0 saturated carbocycles. The number of piperidine rings is 1. The van der Waals surface area contributed by atoms with E-state index in [9.17, 15) is 22.4 Å². The van der Waals surface area contributed by atoms with E-state index in [4.69, 9.17) is 17.3 Å². The summed E-state index contributed by atoms with van der Waals surface area (Å²) in [7, 11) is 0. The minimum atomic E-state index is -4.66. The zero-order valence-corrected chi connectivity index (χ0v) is 18.4. The van der Waals surface area contributed by atoms with Gasteiger partial charge in [-0.05, 0) is 48.9 Å². The van der Waals surface area contributed by atoms with Crippen molar-refractivity contribution in [1.29, 1.82) is 0 Å². The van der Waals surface area contributed by atoms with Gasteiger partial charge in [-0.15, -0.1) is 12.4 Å². The maximum Gasteiger partial charge on any atom is 0.413 e. The summed E-state index contributed by atoms with van der Waals surface area (Å²) < 4.78 is 55.6. The van der Waals surface area contributed by atoms with Gasteiger partial charge in [-0.25, -0.2) is 9.37 Å². The minimum absolute atomic E-state index is 0. The van der Waals surface area contributed by atoms with Crippen molar-refractivity contribution in [1.82, 2.24) is 9.88 Å². The molecule has 32 heavy (non-hydrogen) atoms. The molecule has 2 aliphatic rings. The van der Waals surface area contributed by atoms with E-state index < -0.39 is 30.0 Å². The largest absolute Gasteiger partial charge is 0.413 e. The highest BCUT2D eigenvalue weighted by molar-refractivity contribution is 6.30. The predicted octanol–water partition coefficient (Wildman–Crippen LogP) is 4.43. The van der Waals surface area contributed by atoms with Crippen LogP contribution in [0.5, 0.6) is 0 Å². The number of carbonyl (C=O) groups excluding carboxylic acids is 1. The van der Waals surface area contributed by atoms with Crippen LogP contribution in [0.15, 0.2) is 30.5 Å². The number of halogens is 6. The Balaban J connectivity index is 0.00000289. The Morgan fingerprint density at radius 1 is 1.22 bits per heavy atom. The average Bonchev–Trinajstić information content (AvgIpc) is 3.12. The topological polar surface area (TPSA) is 71.2 Å². The molecule has 1 aliphatic carbocycles. The summed E-state index contributed by atoms with van der Waals surface area (Å²) in [5, 5.41) is 3.19. The van der Waals surface area contributed by atoms with Crippen molar-refractivity contribution in [2.75, 3.05) is 11.9 Å². The molecular weight excluding hydrogens is 471 g/mol. The second kappa shape index (κ2) is 9.41. The van der Waals surface area contributed by atoms with Crippen LogP contribution in [0, 0.1) is 5.82 Å². The van der Waals surface area contributed by atoms with E-state index in [-0.39, 0.29) is 35.6 Å². The van der Waals surface area contributed by atoms with Gasteiger partial charge in [0.25, 0.3) is 0 Å². The Labute approximate surface area is 193 Å². The second-order valence-electron chi connectivity index (χ2n) is 7.95. The zero-order chi connectivity index (χ0) is 22.3. The lowest BCUT2D eigenvalue weighted by Crippen LogP contribution is -2.52. The number of pyridine rings is 1. The summed E-state index contributed by atoms with van der Waals surface area (Å²) in [5.74, 6) is -0.778. The molecule has 3 N–H and O–H groups in total. The highest BCUT2D eigenvalue weighted by Gasteiger charge is 2.48. The van der Waals surface area contributed by atoms with E-state index in [2.05, 4.69) is 10.3 Å². The van der Waals surface area contributed by atoms with Gasteiger partial charge in [0, 0.05) is 24.3 Å². The van der Waals surface area contributed by atoms with Crippen LogP contribution in [0.1, 0.15) is 35.6 Å². The van der Waals surface area contributed by atoms with Gasteiger partial charge in [-0.2, -0.15) is 13.2 Å². The number of carbonyl (C=O) groups is 1. The van der Waals surface area contributed by atoms with Crippen molar-refractivity contribution >= 4 is 35.7 Å². The molecule has 3 atom stereocenters. The van der Waals surface area contributed by atoms with Gasteiger partial charge >= 0.3 is 6.18 Å². The Kier molecular flexibility index (Phi) is 7.21. The lowest BCUT2D eigenvalue weighted by atomic mass is 9.99. The van der Waals surface area contributed by atoms with Crippen LogP contribution in [0.2, 0.25) is 5.02 Å². The summed E-state index contributed by atoms with van der Waals surface area (Å²) in [6.45, 7) is -0.00876. The molecule has 4 rings (SSSR count). The SMILES string of the molecule is Cl.N[C@H]1CCCN(C(c2ccc(NC3Cc4ccc(Cl)c(F)c4C3)nc2)C(F)(F)F)C1=O. The van der Waals surface area contributed by atoms with Crippen molar-refractivity contribution in [3.8, 4) is 0 Å². The summed E-state index contributed by atoms with van der Waals surface area (Å²) in [5.41, 5.74) is 6.93. The van der Waals surface area contributed by atoms with Crippen LogP contribution in [0.3, 0.4) is 0 Å². The van der Waals surface area contributed by atoms with Crippen LogP contribution in [0.4, 0.5) is 23.4 Å². The molecule has 5 nitrogen and oxygen atoms in total. The Morgan fingerprint density at radius 2 is 1.97 bits per heavy atom. The number of rotatable bonds is 4. The lowest BCUT2D eigenvalue weighted by Gasteiger charge is -2.37. The van der Waals surface area contributed by atoms with Crippen molar-refractivity contribution < 1.29 is 22.4 Å². The van der Waals surface area contributed by atoms with Crippen LogP contribution >= 0.6 is 24.0 Å². The minimum Gasteiger partial charge on any atom is -0.367 e. The van der Waals surface area contributed by atoms with E-state index in [1.54, 1.807) is 6.07 Å². The van der Waals surface area contributed by atoms with E-state index in [0.717, 1.165) is 16.7 Å². The first-order valence-electron chi connectivity index (χ1n) is 9.96. The number of aromatic nitrogens is 1. The number of hydrogen-bond donors (Lipinski definition) is 2. The second-order valence-corrected chi connectivity index (χ2v) is 8.36. The Hall–Kier alpha value is -2.10. The van der Waals surface area contributed by atoms with Gasteiger partial charge in [0.1, 0.15) is 11.6 Å². The number of likely N-dealkylation sites (tertiary alicyclic amines) is 1. The fourth-order valence-corrected chi connectivity index (χ4v) is 4.50. The van der Waals surface area contributed by atoms with Gasteiger partial charge in [0.15, 0.2) is 6.04 Å². The number of alkyl halides is 3. The summed E-state index contributed by atoms with van der Waals surface area (Å²) >= 11 is 5.83. The number of hydrogen-bond acceptors (Lipinski definition) is 4. The van der Waals surface area contributed by atoms with Gasteiger partial charge < -0.3 is 16.0 Å². The average molecular weight is 493 g/mol. The number of amides is 1. The zero-order valence-electron chi connectivity index (χ0n) is 16.8. The summed E-state index contributed by atoms with van der Waals surface area (Å²) in [6, 6.07) is 2.85. The fraction of sp³-hybridized carbons (Fsp3) is 0.429. The number of nitrogens with zero attached hydrogens (tertiary/aromatic N) is 2. The Morgan fingerprint density at radius 3 is 2.62 bits per heavy atom. The van der Waals surface area contributed by atoms with E-state index >= 15 is 0 Å². The molecule has 0 spiro atoms. The predicted molar refractivity (Wildman–Crippen MR) is 115 cm³/mol. The van der Waals surface area contributed by atoms with Crippen molar-refractivity contribution in [3.05, 3.63) is 58.0 Å². The molecule has 2 unspecified atom stereocenters. The van der Waals surface area contributed by atoms with Crippen LogP contribution in [0.25, 0.3) is 0 Å². The first-order valence-corrected chi connectivity index (χ1v) is 10.3. The molecule has 1 amide bonds. The van der Waals surface area contributed by atoms with E-state index in [1.165, 1.54) is 18.2 Å².